The number of nitrogens with two attached hydrogens (primary N) is 1. The molecular weight excluding hydrogens is 240 g/mol. The number of nitrogens with zero attached hydrogens (tertiary/aromatic N) is 2. The monoisotopic (exact) mass is 266 g/mol. The highest BCUT2D eigenvalue weighted by Crippen LogP contribution is 2.25. The van der Waals surface area contributed by atoms with Crippen LogP contribution in [0.25, 0.3) is 0 Å². The quantitative estimate of drug-likeness (QED) is 0.705. The molecule has 1 rings (SSSR count). The molecule has 5 nitrogen and oxygen atoms in total. The topological polar surface area (TPSA) is 84.1 Å². The predicted molar refractivity (Wildman–Crippen MR) is 79.2 cm³/mol. The first-order chi connectivity index (χ1) is 8.95. The maximum atomic E-state index is 9.18. The summed E-state index contributed by atoms with van der Waals surface area (Å²) in [5.74, 6) is 2.09. The summed E-state index contributed by atoms with van der Waals surface area (Å²) < 4.78 is 0. The van der Waals surface area contributed by atoms with Crippen LogP contribution in [0, 0.1) is 6.92 Å². The van der Waals surface area contributed by atoms with E-state index in [2.05, 4.69) is 36.1 Å². The van der Waals surface area contributed by atoms with E-state index < -0.39 is 0 Å². The van der Waals surface area contributed by atoms with Crippen LogP contribution in [0.2, 0.25) is 0 Å². The largest absolute Gasteiger partial charge is 0.396 e. The Morgan fingerprint density at radius 3 is 2.53 bits per heavy atom. The number of aliphatic hydroxyl groups excluding tert-OH is 1. The number of aryl methyl sites for hydroxylation is 1. The van der Waals surface area contributed by atoms with Crippen molar-refractivity contribution in [3.05, 3.63) is 11.4 Å². The molecule has 0 bridgehead atoms. The lowest BCUT2D eigenvalue weighted by molar-refractivity contribution is 0.251. The van der Waals surface area contributed by atoms with Crippen molar-refractivity contribution in [1.82, 2.24) is 9.97 Å². The minimum absolute atomic E-state index is 0.152. The Balaban J connectivity index is 3.04. The molecule has 0 saturated carbocycles. The summed E-state index contributed by atoms with van der Waals surface area (Å²) in [6, 6.07) is 0. The fraction of sp³-hybridized carbons (Fsp3) is 0.714. The molecule has 1 heterocycles. The average Bonchev–Trinajstić information content (AvgIpc) is 2.36. The number of hydrogen-bond donors (Lipinski definition) is 3. The fourth-order valence-corrected chi connectivity index (χ4v) is 1.90. The smallest absolute Gasteiger partial charge is 0.135 e. The summed E-state index contributed by atoms with van der Waals surface area (Å²) in [6.07, 6.45) is 3.39. The number of anilines is 2. The number of aliphatic hydroxyl groups is 1. The Hall–Kier alpha value is -1.36. The van der Waals surface area contributed by atoms with Crippen LogP contribution in [0.15, 0.2) is 0 Å². The molecule has 4 N–H and O–H groups in total. The molecule has 108 valence electrons. The van der Waals surface area contributed by atoms with Gasteiger partial charge in [0.1, 0.15) is 17.5 Å². The van der Waals surface area contributed by atoms with Gasteiger partial charge in [-0.3, -0.25) is 0 Å². The molecule has 1 unspecified atom stereocenters. The molecule has 0 aromatic carbocycles. The zero-order chi connectivity index (χ0) is 14.5. The van der Waals surface area contributed by atoms with E-state index in [0.717, 1.165) is 36.5 Å². The molecule has 1 aromatic rings. The van der Waals surface area contributed by atoms with Gasteiger partial charge in [0.05, 0.1) is 0 Å². The molecule has 0 fully saturated rings. The Labute approximate surface area is 115 Å². The van der Waals surface area contributed by atoms with Gasteiger partial charge in [0.2, 0.25) is 0 Å². The van der Waals surface area contributed by atoms with Gasteiger partial charge < -0.3 is 16.2 Å². The summed E-state index contributed by atoms with van der Waals surface area (Å²) in [5.41, 5.74) is 6.64. The van der Waals surface area contributed by atoms with E-state index in [4.69, 9.17) is 5.73 Å². The summed E-state index contributed by atoms with van der Waals surface area (Å²) >= 11 is 0. The lowest BCUT2D eigenvalue weighted by Crippen LogP contribution is -2.36. The van der Waals surface area contributed by atoms with E-state index in [1.54, 1.807) is 0 Å². The number of nitrogen functional groups attached to an aromatic ring is 1. The Bertz CT molecular complexity index is 422. The normalized spacial score (nSPS) is 14.2. The summed E-state index contributed by atoms with van der Waals surface area (Å²) in [5, 5.41) is 12.6. The molecule has 1 atom stereocenters. The second-order valence-electron chi connectivity index (χ2n) is 5.26. The standard InChI is InChI=1S/C14H26N4O/c1-5-7-11-16-12(15)10(3)13(17-11)18-14(4,6-2)8-9-19/h19H,5-9H2,1-4H3,(H3,15,16,17,18). The third kappa shape index (κ3) is 4.06. The van der Waals surface area contributed by atoms with E-state index in [9.17, 15) is 5.11 Å². The second kappa shape index (κ2) is 6.70. The number of nitrogens with one attached hydrogen (secondary N) is 1. The van der Waals surface area contributed by atoms with Gasteiger partial charge in [-0.15, -0.1) is 0 Å². The molecule has 0 radical (unpaired) electrons. The highest BCUT2D eigenvalue weighted by Gasteiger charge is 2.23. The van der Waals surface area contributed by atoms with E-state index in [0.29, 0.717) is 12.2 Å². The highest BCUT2D eigenvalue weighted by atomic mass is 16.3. The van der Waals surface area contributed by atoms with Crippen molar-refractivity contribution in [3.8, 4) is 0 Å². The summed E-state index contributed by atoms with van der Waals surface area (Å²) in [6.45, 7) is 8.34. The highest BCUT2D eigenvalue weighted by molar-refractivity contribution is 5.55. The molecule has 0 amide bonds. The van der Waals surface area contributed by atoms with Crippen molar-refractivity contribution in [1.29, 1.82) is 0 Å². The molecule has 1 aromatic heterocycles. The summed E-state index contributed by atoms with van der Waals surface area (Å²) in [4.78, 5) is 8.86. The first-order valence-electron chi connectivity index (χ1n) is 6.97. The number of hydrogen-bond acceptors (Lipinski definition) is 5. The lowest BCUT2D eigenvalue weighted by Gasteiger charge is -2.30. The molecule has 0 aliphatic carbocycles. The number of rotatable bonds is 7. The number of aromatic nitrogens is 2. The van der Waals surface area contributed by atoms with Crippen LogP contribution >= 0.6 is 0 Å². The maximum absolute atomic E-state index is 9.18. The van der Waals surface area contributed by atoms with Gasteiger partial charge in [-0.25, -0.2) is 9.97 Å². The zero-order valence-electron chi connectivity index (χ0n) is 12.5. The average molecular weight is 266 g/mol. The molecule has 0 aliphatic heterocycles. The molecule has 0 saturated heterocycles. The van der Waals surface area contributed by atoms with Crippen molar-refractivity contribution in [2.24, 2.45) is 0 Å². The van der Waals surface area contributed by atoms with E-state index in [1.807, 2.05) is 6.92 Å². The minimum atomic E-state index is -0.177. The van der Waals surface area contributed by atoms with E-state index in [-0.39, 0.29) is 12.1 Å². The van der Waals surface area contributed by atoms with Gasteiger partial charge >= 0.3 is 0 Å². The molecule has 19 heavy (non-hydrogen) atoms. The maximum Gasteiger partial charge on any atom is 0.135 e. The van der Waals surface area contributed by atoms with Gasteiger partial charge in [-0.05, 0) is 33.1 Å². The molecule has 0 spiro atoms. The van der Waals surface area contributed by atoms with Crippen molar-refractivity contribution >= 4 is 11.6 Å². The minimum Gasteiger partial charge on any atom is -0.396 e. The first kappa shape index (κ1) is 15.7. The third-order valence-corrected chi connectivity index (χ3v) is 3.57. The Morgan fingerprint density at radius 1 is 1.32 bits per heavy atom. The van der Waals surface area contributed by atoms with Gasteiger partial charge in [-0.2, -0.15) is 0 Å². The third-order valence-electron chi connectivity index (χ3n) is 3.57. The van der Waals surface area contributed by atoms with Crippen molar-refractivity contribution in [2.75, 3.05) is 17.7 Å². The van der Waals surface area contributed by atoms with Crippen LogP contribution < -0.4 is 11.1 Å². The zero-order valence-corrected chi connectivity index (χ0v) is 12.5. The fourth-order valence-electron chi connectivity index (χ4n) is 1.90. The Kier molecular flexibility index (Phi) is 5.54. The van der Waals surface area contributed by atoms with Gasteiger partial charge in [0.25, 0.3) is 0 Å². The predicted octanol–water partition coefficient (Wildman–Crippen LogP) is 2.28. The van der Waals surface area contributed by atoms with Crippen LogP contribution in [0.1, 0.15) is 51.4 Å². The van der Waals surface area contributed by atoms with Crippen molar-refractivity contribution in [2.45, 2.75) is 58.9 Å². The molecule has 0 aliphatic rings. The molecule has 5 heteroatoms. The SMILES string of the molecule is CCCc1nc(N)c(C)c(NC(C)(CC)CCO)n1. The van der Waals surface area contributed by atoms with Crippen LogP contribution in [0.3, 0.4) is 0 Å². The first-order valence-corrected chi connectivity index (χ1v) is 6.97. The van der Waals surface area contributed by atoms with Crippen molar-refractivity contribution < 1.29 is 5.11 Å². The summed E-state index contributed by atoms with van der Waals surface area (Å²) in [7, 11) is 0. The van der Waals surface area contributed by atoms with Gasteiger partial charge in [-0.1, -0.05) is 13.8 Å². The van der Waals surface area contributed by atoms with Gasteiger partial charge in [0.15, 0.2) is 0 Å². The molecular formula is C14H26N4O. The van der Waals surface area contributed by atoms with Crippen LogP contribution in [0.4, 0.5) is 11.6 Å². The Morgan fingerprint density at radius 2 is 2.00 bits per heavy atom. The van der Waals surface area contributed by atoms with Crippen LogP contribution in [-0.2, 0) is 6.42 Å². The second-order valence-corrected chi connectivity index (χ2v) is 5.26. The van der Waals surface area contributed by atoms with E-state index in [1.165, 1.54) is 0 Å². The van der Waals surface area contributed by atoms with Crippen LogP contribution in [0.5, 0.6) is 0 Å². The van der Waals surface area contributed by atoms with Crippen LogP contribution in [-0.4, -0.2) is 27.2 Å². The van der Waals surface area contributed by atoms with Crippen molar-refractivity contribution in [3.63, 3.8) is 0 Å². The van der Waals surface area contributed by atoms with Gasteiger partial charge in [0, 0.05) is 24.1 Å². The lowest BCUT2D eigenvalue weighted by atomic mass is 9.94. The van der Waals surface area contributed by atoms with E-state index >= 15 is 0 Å².